The summed E-state index contributed by atoms with van der Waals surface area (Å²) < 4.78 is 0. The highest BCUT2D eigenvalue weighted by Gasteiger charge is 2.15. The first-order valence-electron chi connectivity index (χ1n) is 7.04. The van der Waals surface area contributed by atoms with Gasteiger partial charge in [-0.05, 0) is 6.92 Å². The maximum Gasteiger partial charge on any atom is 0.221 e. The number of anilines is 1. The van der Waals surface area contributed by atoms with E-state index < -0.39 is 0 Å². The van der Waals surface area contributed by atoms with Gasteiger partial charge in [-0.25, -0.2) is 4.98 Å². The van der Waals surface area contributed by atoms with Gasteiger partial charge in [-0.2, -0.15) is 0 Å². The number of carbonyl (C=O) groups excluding carboxylic acids is 1. The summed E-state index contributed by atoms with van der Waals surface area (Å²) in [6.07, 6.45) is 0. The third-order valence-electron chi connectivity index (χ3n) is 3.26. The summed E-state index contributed by atoms with van der Waals surface area (Å²) >= 11 is 1.50. The molecule has 22 heavy (non-hydrogen) atoms. The van der Waals surface area contributed by atoms with Crippen LogP contribution in [0.15, 0.2) is 54.6 Å². The molecule has 1 heterocycles. The Hall–Kier alpha value is -2.46. The number of aromatic nitrogens is 1. The SMILES string of the molecule is CC(=O)Nc1sc(-c2ccccc2)nc1-c1ccc(C)cc1. The Balaban J connectivity index is 2.09. The van der Waals surface area contributed by atoms with E-state index in [0.717, 1.165) is 26.8 Å². The zero-order valence-electron chi connectivity index (χ0n) is 12.5. The molecule has 0 radical (unpaired) electrons. The lowest BCUT2D eigenvalue weighted by atomic mass is 10.1. The third kappa shape index (κ3) is 3.07. The fourth-order valence-corrected chi connectivity index (χ4v) is 3.22. The van der Waals surface area contributed by atoms with E-state index in [2.05, 4.69) is 24.4 Å². The summed E-state index contributed by atoms with van der Waals surface area (Å²) in [7, 11) is 0. The van der Waals surface area contributed by atoms with Crippen LogP contribution in [-0.4, -0.2) is 10.9 Å². The average molecular weight is 308 g/mol. The molecule has 0 aliphatic rings. The molecule has 0 spiro atoms. The van der Waals surface area contributed by atoms with E-state index in [1.54, 1.807) is 0 Å². The van der Waals surface area contributed by atoms with Crippen LogP contribution >= 0.6 is 11.3 Å². The van der Waals surface area contributed by atoms with E-state index in [4.69, 9.17) is 4.98 Å². The van der Waals surface area contributed by atoms with E-state index in [1.807, 2.05) is 42.5 Å². The summed E-state index contributed by atoms with van der Waals surface area (Å²) in [6.45, 7) is 3.57. The van der Waals surface area contributed by atoms with Crippen molar-refractivity contribution in [3.05, 3.63) is 60.2 Å². The molecule has 0 aliphatic heterocycles. The number of carbonyl (C=O) groups is 1. The van der Waals surface area contributed by atoms with E-state index in [-0.39, 0.29) is 5.91 Å². The van der Waals surface area contributed by atoms with Crippen LogP contribution in [0.3, 0.4) is 0 Å². The first-order valence-corrected chi connectivity index (χ1v) is 7.86. The summed E-state index contributed by atoms with van der Waals surface area (Å²) in [4.78, 5) is 16.2. The maximum absolute atomic E-state index is 11.5. The Bertz CT molecular complexity index is 792. The minimum absolute atomic E-state index is 0.0865. The quantitative estimate of drug-likeness (QED) is 0.759. The van der Waals surface area contributed by atoms with Crippen LogP contribution in [0.25, 0.3) is 21.8 Å². The monoisotopic (exact) mass is 308 g/mol. The number of rotatable bonds is 3. The molecule has 0 saturated carbocycles. The highest BCUT2D eigenvalue weighted by Crippen LogP contribution is 2.37. The number of hydrogen-bond donors (Lipinski definition) is 1. The van der Waals surface area contributed by atoms with Gasteiger partial charge in [0.1, 0.15) is 15.7 Å². The maximum atomic E-state index is 11.5. The van der Waals surface area contributed by atoms with Gasteiger partial charge in [0.05, 0.1) is 0 Å². The molecular formula is C18H16N2OS. The lowest BCUT2D eigenvalue weighted by Crippen LogP contribution is -2.05. The van der Waals surface area contributed by atoms with E-state index >= 15 is 0 Å². The molecule has 1 N–H and O–H groups in total. The summed E-state index contributed by atoms with van der Waals surface area (Å²) in [5, 5.41) is 4.58. The molecule has 1 aromatic heterocycles. The number of aryl methyl sites for hydroxylation is 1. The highest BCUT2D eigenvalue weighted by molar-refractivity contribution is 7.19. The number of hydrogen-bond acceptors (Lipinski definition) is 3. The van der Waals surface area contributed by atoms with Crippen molar-refractivity contribution in [2.45, 2.75) is 13.8 Å². The molecule has 0 aliphatic carbocycles. The molecule has 0 fully saturated rings. The van der Waals surface area contributed by atoms with Crippen LogP contribution in [0.1, 0.15) is 12.5 Å². The molecule has 2 aromatic carbocycles. The zero-order valence-corrected chi connectivity index (χ0v) is 13.3. The minimum atomic E-state index is -0.0865. The van der Waals surface area contributed by atoms with Gasteiger partial charge in [0.25, 0.3) is 0 Å². The first kappa shape index (κ1) is 14.5. The molecule has 3 nitrogen and oxygen atoms in total. The van der Waals surface area contributed by atoms with E-state index in [0.29, 0.717) is 0 Å². The standard InChI is InChI=1S/C18H16N2OS/c1-12-8-10-14(11-9-12)16-18(19-13(2)21)22-17(20-16)15-6-4-3-5-7-15/h3-11H,1-2H3,(H,19,21). The second-order valence-electron chi connectivity index (χ2n) is 5.11. The van der Waals surface area contributed by atoms with Crippen molar-refractivity contribution >= 4 is 22.2 Å². The van der Waals surface area contributed by atoms with Crippen LogP contribution in [0.4, 0.5) is 5.00 Å². The first-order chi connectivity index (χ1) is 10.6. The van der Waals surface area contributed by atoms with Gasteiger partial charge in [-0.15, -0.1) is 0 Å². The molecule has 0 saturated heterocycles. The van der Waals surface area contributed by atoms with E-state index in [1.165, 1.54) is 23.8 Å². The van der Waals surface area contributed by atoms with Crippen LogP contribution in [0, 0.1) is 6.92 Å². The number of nitrogens with one attached hydrogen (secondary N) is 1. The van der Waals surface area contributed by atoms with Crippen LogP contribution in [0.2, 0.25) is 0 Å². The van der Waals surface area contributed by atoms with Gasteiger partial charge in [-0.3, -0.25) is 4.79 Å². The van der Waals surface area contributed by atoms with Crippen LogP contribution in [0.5, 0.6) is 0 Å². The summed E-state index contributed by atoms with van der Waals surface area (Å²) in [5.74, 6) is -0.0865. The van der Waals surface area contributed by atoms with E-state index in [9.17, 15) is 4.79 Å². The van der Waals surface area contributed by atoms with Crippen molar-refractivity contribution in [1.29, 1.82) is 0 Å². The lowest BCUT2D eigenvalue weighted by Gasteiger charge is -2.03. The van der Waals surface area contributed by atoms with Gasteiger partial charge < -0.3 is 5.32 Å². The van der Waals surface area contributed by atoms with Gasteiger partial charge >= 0.3 is 0 Å². The molecule has 3 rings (SSSR count). The predicted octanol–water partition coefficient (Wildman–Crippen LogP) is 4.74. The van der Waals surface area contributed by atoms with Crippen molar-refractivity contribution in [3.8, 4) is 21.8 Å². The molecule has 0 atom stereocenters. The molecule has 110 valence electrons. The minimum Gasteiger partial charge on any atom is -0.316 e. The Kier molecular flexibility index (Phi) is 4.02. The molecule has 0 unspecified atom stereocenters. The largest absolute Gasteiger partial charge is 0.316 e. The fourth-order valence-electron chi connectivity index (χ4n) is 2.18. The zero-order chi connectivity index (χ0) is 15.5. The molecular weight excluding hydrogens is 292 g/mol. The van der Waals surface area contributed by atoms with Crippen LogP contribution < -0.4 is 5.32 Å². The Morgan fingerprint density at radius 2 is 1.68 bits per heavy atom. The third-order valence-corrected chi connectivity index (χ3v) is 4.28. The Morgan fingerprint density at radius 3 is 2.32 bits per heavy atom. The average Bonchev–Trinajstić information content (AvgIpc) is 2.92. The molecule has 3 aromatic rings. The second kappa shape index (κ2) is 6.12. The van der Waals surface area contributed by atoms with Gasteiger partial charge in [0, 0.05) is 18.1 Å². The predicted molar refractivity (Wildman–Crippen MR) is 92.0 cm³/mol. The van der Waals surface area contributed by atoms with Crippen molar-refractivity contribution in [1.82, 2.24) is 4.98 Å². The number of amides is 1. The molecule has 0 bridgehead atoms. The van der Waals surface area contributed by atoms with Gasteiger partial charge in [0.2, 0.25) is 5.91 Å². The van der Waals surface area contributed by atoms with Gasteiger partial charge in [-0.1, -0.05) is 71.5 Å². The lowest BCUT2D eigenvalue weighted by molar-refractivity contribution is -0.114. The normalized spacial score (nSPS) is 10.5. The van der Waals surface area contributed by atoms with Crippen LogP contribution in [-0.2, 0) is 4.79 Å². The van der Waals surface area contributed by atoms with Crippen molar-refractivity contribution in [3.63, 3.8) is 0 Å². The van der Waals surface area contributed by atoms with Crippen molar-refractivity contribution in [2.75, 3.05) is 5.32 Å². The highest BCUT2D eigenvalue weighted by atomic mass is 32.1. The Labute approximate surface area is 133 Å². The van der Waals surface area contributed by atoms with Crippen molar-refractivity contribution in [2.24, 2.45) is 0 Å². The summed E-state index contributed by atoms with van der Waals surface area (Å²) in [6, 6.07) is 18.2. The van der Waals surface area contributed by atoms with Crippen molar-refractivity contribution < 1.29 is 4.79 Å². The topological polar surface area (TPSA) is 42.0 Å². The molecule has 4 heteroatoms. The number of nitrogens with zero attached hydrogens (tertiary/aromatic N) is 1. The number of benzene rings is 2. The van der Waals surface area contributed by atoms with Gasteiger partial charge in [0.15, 0.2) is 0 Å². The molecule has 1 amide bonds. The number of thiazole rings is 1. The summed E-state index contributed by atoms with van der Waals surface area (Å²) in [5.41, 5.74) is 4.08. The smallest absolute Gasteiger partial charge is 0.221 e. The Morgan fingerprint density at radius 1 is 1.00 bits per heavy atom. The second-order valence-corrected chi connectivity index (χ2v) is 6.11. The fraction of sp³-hybridized carbons (Fsp3) is 0.111.